The maximum atomic E-state index is 13.1. The fraction of sp³-hybridized carbons (Fsp3) is 0.611. The highest BCUT2D eigenvalue weighted by atomic mass is 16.5. The van der Waals surface area contributed by atoms with E-state index in [1.165, 1.54) is 0 Å². The predicted molar refractivity (Wildman–Crippen MR) is 97.3 cm³/mol. The van der Waals surface area contributed by atoms with Gasteiger partial charge in [0.05, 0.1) is 30.9 Å². The number of ether oxygens (including phenoxy) is 2. The molecule has 11 nitrogen and oxygen atoms in total. The van der Waals surface area contributed by atoms with Crippen LogP contribution in [0.1, 0.15) is 13.3 Å². The first-order valence-electron chi connectivity index (χ1n) is 9.22. The number of hydrogen-bond donors (Lipinski definition) is 5. The normalized spacial score (nSPS) is 31.9. The fourth-order valence-electron chi connectivity index (χ4n) is 4.53. The van der Waals surface area contributed by atoms with Gasteiger partial charge in [-0.15, -0.1) is 0 Å². The maximum Gasteiger partial charge on any atom is 0.402 e. The molecule has 11 heteroatoms. The molecule has 160 valence electrons. The van der Waals surface area contributed by atoms with Crippen LogP contribution in [0.25, 0.3) is 0 Å². The van der Waals surface area contributed by atoms with Crippen molar-refractivity contribution in [2.75, 3.05) is 33.5 Å². The van der Waals surface area contributed by atoms with Crippen molar-refractivity contribution in [2.45, 2.75) is 31.2 Å². The molecular formula is C18H25N3O8. The molecule has 6 N–H and O–H groups in total. The van der Waals surface area contributed by atoms with Crippen molar-refractivity contribution in [3.05, 3.63) is 22.6 Å². The van der Waals surface area contributed by atoms with Gasteiger partial charge in [-0.2, -0.15) is 0 Å². The molecule has 4 rings (SSSR count). The highest BCUT2D eigenvalue weighted by Gasteiger charge is 2.72. The third-order valence-electron chi connectivity index (χ3n) is 5.71. The van der Waals surface area contributed by atoms with E-state index in [2.05, 4.69) is 11.1 Å². The minimum Gasteiger partial charge on any atom is -0.489 e. The molecule has 4 aliphatic rings. The number of methoxy groups -OCH3 is 1. The highest BCUT2D eigenvalue weighted by Crippen LogP contribution is 2.55. The molecule has 3 aliphatic heterocycles. The molecule has 0 radical (unpaired) electrons. The largest absolute Gasteiger partial charge is 0.489 e. The predicted octanol–water partition coefficient (Wildman–Crippen LogP) is -1.69. The zero-order valence-corrected chi connectivity index (χ0v) is 16.2. The molecule has 0 aromatic carbocycles. The summed E-state index contributed by atoms with van der Waals surface area (Å²) in [7, 11) is 1.55. The number of allylic oxidation sites excluding steroid dienone is 2. The Morgan fingerprint density at radius 3 is 2.55 bits per heavy atom. The Hall–Kier alpha value is -2.47. The van der Waals surface area contributed by atoms with Crippen molar-refractivity contribution in [3.63, 3.8) is 0 Å². The standard InChI is InChI=1S/C17H22N2O6.CH3NO2/c1-8-13(22)12-11(14(23)15(8)25-5-3-4-20)9(7-21)17(24-2)16-10(18-16)6-19(12)17;2-1(3)4/h9-10,16,18,20-21H,3-7H2,1-2H3;2H2,(H,3,4). The summed E-state index contributed by atoms with van der Waals surface area (Å²) in [5.41, 5.74) is 4.01. The lowest BCUT2D eigenvalue weighted by Crippen LogP contribution is -2.54. The summed E-state index contributed by atoms with van der Waals surface area (Å²) in [5.74, 6) is -1.22. The van der Waals surface area contributed by atoms with Gasteiger partial charge in [-0.05, 0) is 6.92 Å². The Balaban J connectivity index is 0.000000552. The first-order chi connectivity index (χ1) is 13.8. The number of primary amides is 1. The van der Waals surface area contributed by atoms with Gasteiger partial charge in [-0.25, -0.2) is 4.79 Å². The van der Waals surface area contributed by atoms with E-state index < -0.39 is 17.7 Å². The van der Waals surface area contributed by atoms with E-state index in [9.17, 15) is 14.7 Å². The summed E-state index contributed by atoms with van der Waals surface area (Å²) in [5, 5.41) is 29.4. The number of amides is 1. The molecule has 4 atom stereocenters. The van der Waals surface area contributed by atoms with Gasteiger partial charge in [-0.1, -0.05) is 0 Å². The summed E-state index contributed by atoms with van der Waals surface area (Å²) in [6.07, 6.45) is -0.963. The van der Waals surface area contributed by atoms with Crippen LogP contribution in [0, 0.1) is 5.92 Å². The second-order valence-corrected chi connectivity index (χ2v) is 7.19. The van der Waals surface area contributed by atoms with Crippen LogP contribution < -0.4 is 11.1 Å². The third-order valence-corrected chi connectivity index (χ3v) is 5.71. The molecule has 29 heavy (non-hydrogen) atoms. The number of carbonyl (C=O) groups is 3. The number of aliphatic hydroxyl groups is 2. The van der Waals surface area contributed by atoms with E-state index in [4.69, 9.17) is 24.5 Å². The number of ketones is 2. The monoisotopic (exact) mass is 411 g/mol. The van der Waals surface area contributed by atoms with Crippen LogP contribution in [0.2, 0.25) is 0 Å². The van der Waals surface area contributed by atoms with Crippen molar-refractivity contribution in [1.82, 2.24) is 10.2 Å². The van der Waals surface area contributed by atoms with Crippen LogP contribution in [0.4, 0.5) is 4.79 Å². The number of carbonyl (C=O) groups excluding carboxylic acids is 2. The second kappa shape index (κ2) is 7.75. The second-order valence-electron chi connectivity index (χ2n) is 7.19. The van der Waals surface area contributed by atoms with Gasteiger partial charge >= 0.3 is 6.09 Å². The smallest absolute Gasteiger partial charge is 0.402 e. The average Bonchev–Trinajstić information content (AvgIpc) is 3.28. The van der Waals surface area contributed by atoms with E-state index in [-0.39, 0.29) is 60.4 Å². The van der Waals surface area contributed by atoms with Crippen molar-refractivity contribution < 1.29 is 39.2 Å². The van der Waals surface area contributed by atoms with Gasteiger partial charge in [-0.3, -0.25) is 9.59 Å². The van der Waals surface area contributed by atoms with Crippen molar-refractivity contribution in [3.8, 4) is 0 Å². The molecular weight excluding hydrogens is 386 g/mol. The molecule has 0 aromatic heterocycles. The molecule has 3 heterocycles. The first kappa shape index (κ1) is 21.2. The van der Waals surface area contributed by atoms with Crippen molar-refractivity contribution >= 4 is 17.7 Å². The number of fused-ring (bicyclic) bond motifs is 4. The zero-order chi connectivity index (χ0) is 21.5. The number of nitrogens with zero attached hydrogens (tertiary/aromatic N) is 1. The van der Waals surface area contributed by atoms with E-state index in [1.54, 1.807) is 14.0 Å². The zero-order valence-electron chi connectivity index (χ0n) is 16.2. The number of Topliss-reactive ketones (excluding diaryl/α,β-unsaturated/α-hetero) is 2. The number of carboxylic acid groups (broad SMARTS) is 1. The van der Waals surface area contributed by atoms with Crippen LogP contribution in [0.3, 0.4) is 0 Å². The van der Waals surface area contributed by atoms with Crippen LogP contribution >= 0.6 is 0 Å². The van der Waals surface area contributed by atoms with Crippen LogP contribution in [0.5, 0.6) is 0 Å². The fourth-order valence-corrected chi connectivity index (χ4v) is 4.53. The van der Waals surface area contributed by atoms with Gasteiger partial charge in [0.2, 0.25) is 11.6 Å². The lowest BCUT2D eigenvalue weighted by atomic mass is 9.83. The summed E-state index contributed by atoms with van der Waals surface area (Å²) in [6.45, 7) is 1.95. The van der Waals surface area contributed by atoms with Crippen molar-refractivity contribution in [1.29, 1.82) is 0 Å². The Bertz CT molecular complexity index is 803. The van der Waals surface area contributed by atoms with Crippen LogP contribution in [-0.2, 0) is 19.1 Å². The molecule has 0 aromatic rings. The summed E-state index contributed by atoms with van der Waals surface area (Å²) >= 11 is 0. The molecule has 2 saturated heterocycles. The van der Waals surface area contributed by atoms with Crippen LogP contribution in [0.15, 0.2) is 22.6 Å². The molecule has 1 amide bonds. The highest BCUT2D eigenvalue weighted by molar-refractivity contribution is 6.25. The van der Waals surface area contributed by atoms with E-state index >= 15 is 0 Å². The first-order valence-corrected chi connectivity index (χ1v) is 9.22. The topological polar surface area (TPSA) is 182 Å². The van der Waals surface area contributed by atoms with Gasteiger partial charge in [0, 0.05) is 43.9 Å². The lowest BCUT2D eigenvalue weighted by Gasteiger charge is -2.39. The SMILES string of the molecule is COC12C(CO)C3=C(C(=O)C(C)=C(OCCCO)C3=O)N1CC1NC12.NC(=O)O. The van der Waals surface area contributed by atoms with Crippen LogP contribution in [-0.4, -0.2) is 89.2 Å². The summed E-state index contributed by atoms with van der Waals surface area (Å²) < 4.78 is 11.3. The number of nitrogens with one attached hydrogen (secondary N) is 1. The summed E-state index contributed by atoms with van der Waals surface area (Å²) in [6, 6.07) is 0.192. The minimum absolute atomic E-state index is 0.0140. The molecule has 4 unspecified atom stereocenters. The van der Waals surface area contributed by atoms with Gasteiger partial charge in [0.15, 0.2) is 11.5 Å². The van der Waals surface area contributed by atoms with Crippen molar-refractivity contribution in [2.24, 2.45) is 11.7 Å². The Morgan fingerprint density at radius 1 is 1.34 bits per heavy atom. The maximum absolute atomic E-state index is 13.1. The van der Waals surface area contributed by atoms with Gasteiger partial charge < -0.3 is 40.7 Å². The van der Waals surface area contributed by atoms with Gasteiger partial charge in [0.1, 0.15) is 0 Å². The Morgan fingerprint density at radius 2 is 2.00 bits per heavy atom. The van der Waals surface area contributed by atoms with E-state index in [1.807, 2.05) is 4.90 Å². The third kappa shape index (κ3) is 3.10. The number of hydrogen-bond acceptors (Lipinski definition) is 9. The molecule has 2 fully saturated rings. The van der Waals surface area contributed by atoms with Gasteiger partial charge in [0.25, 0.3) is 0 Å². The Kier molecular flexibility index (Phi) is 5.68. The summed E-state index contributed by atoms with van der Waals surface area (Å²) in [4.78, 5) is 36.7. The average molecular weight is 411 g/mol. The number of piperazine rings is 1. The minimum atomic E-state index is -1.33. The number of rotatable bonds is 6. The number of aliphatic hydroxyl groups excluding tert-OH is 2. The quantitative estimate of drug-likeness (QED) is 0.192. The number of nitrogens with two attached hydrogens (primary N) is 1. The van der Waals surface area contributed by atoms with E-state index in [0.717, 1.165) is 0 Å². The molecule has 0 saturated carbocycles. The molecule has 0 spiro atoms. The Labute approximate surface area is 166 Å². The molecule has 0 bridgehead atoms. The van der Waals surface area contributed by atoms with E-state index in [0.29, 0.717) is 18.7 Å². The molecule has 1 aliphatic carbocycles. The lowest BCUT2D eigenvalue weighted by molar-refractivity contribution is -0.137.